The molecule has 1 fully saturated rings. The van der Waals surface area contributed by atoms with Crippen LogP contribution in [0, 0.1) is 0 Å². The number of carbonyl (C=O) groups excluding carboxylic acids is 1. The molecule has 1 aliphatic rings. The molecule has 0 unspecified atom stereocenters. The Morgan fingerprint density at radius 3 is 2.76 bits per heavy atom. The van der Waals surface area contributed by atoms with Crippen molar-refractivity contribution in [2.75, 3.05) is 31.5 Å². The van der Waals surface area contributed by atoms with Crippen LogP contribution in [0.2, 0.25) is 5.02 Å². The molecule has 156 valence electrons. The largest absolute Gasteiger partial charge is 0.477 e. The van der Waals surface area contributed by atoms with E-state index in [0.29, 0.717) is 22.3 Å². The van der Waals surface area contributed by atoms with E-state index in [1.54, 1.807) is 6.07 Å². The first kappa shape index (κ1) is 21.9. The lowest BCUT2D eigenvalue weighted by molar-refractivity contribution is 0.0694. The number of nitrogens with one attached hydrogen (secondary N) is 2. The monoisotopic (exact) mass is 454 g/mol. The number of carbonyl (C=O) groups is 2. The van der Waals surface area contributed by atoms with Crippen molar-refractivity contribution < 1.29 is 14.7 Å². The van der Waals surface area contributed by atoms with Crippen molar-refractivity contribution in [3.8, 4) is 0 Å². The van der Waals surface area contributed by atoms with Gasteiger partial charge in [-0.3, -0.25) is 5.32 Å². The number of halogens is 1. The lowest BCUT2D eigenvalue weighted by Gasteiger charge is -2.14. The Hall–Kier alpha value is -1.81. The molecular weight excluding hydrogens is 432 g/mol. The van der Waals surface area contributed by atoms with Crippen molar-refractivity contribution in [1.82, 2.24) is 14.6 Å². The van der Waals surface area contributed by atoms with Crippen LogP contribution in [0.3, 0.4) is 0 Å². The van der Waals surface area contributed by atoms with Gasteiger partial charge >= 0.3 is 12.0 Å². The zero-order valence-electron chi connectivity index (χ0n) is 15.8. The fourth-order valence-electron chi connectivity index (χ4n) is 3.07. The Bertz CT molecular complexity index is 856. The van der Waals surface area contributed by atoms with E-state index in [4.69, 9.17) is 11.6 Å². The van der Waals surface area contributed by atoms with Gasteiger partial charge in [0.1, 0.15) is 15.6 Å². The lowest BCUT2D eigenvalue weighted by atomic mass is 10.2. The highest BCUT2D eigenvalue weighted by molar-refractivity contribution is 7.98. The highest BCUT2D eigenvalue weighted by Crippen LogP contribution is 2.34. The lowest BCUT2D eigenvalue weighted by Crippen LogP contribution is -2.32. The normalized spacial score (nSPS) is 14.1. The number of anilines is 1. The van der Waals surface area contributed by atoms with E-state index in [-0.39, 0.29) is 10.6 Å². The average molecular weight is 455 g/mol. The molecule has 2 amide bonds. The first-order valence-electron chi connectivity index (χ1n) is 9.41. The molecule has 0 bridgehead atoms. The zero-order chi connectivity index (χ0) is 20.6. The minimum Gasteiger partial charge on any atom is -0.477 e. The van der Waals surface area contributed by atoms with Crippen LogP contribution in [0.25, 0.3) is 0 Å². The molecular formula is C19H23ClN4O3S2. The summed E-state index contributed by atoms with van der Waals surface area (Å²) in [7, 11) is 0. The molecule has 0 spiro atoms. The third kappa shape index (κ3) is 6.33. The maximum atomic E-state index is 12.1. The summed E-state index contributed by atoms with van der Waals surface area (Å²) in [5.41, 5.74) is 0.910. The third-order valence-corrected chi connectivity index (χ3v) is 6.83. The van der Waals surface area contributed by atoms with E-state index in [9.17, 15) is 14.7 Å². The van der Waals surface area contributed by atoms with Gasteiger partial charge in [-0.25, -0.2) is 9.59 Å². The Morgan fingerprint density at radius 2 is 2.03 bits per heavy atom. The number of hydrogen-bond acceptors (Lipinski definition) is 6. The Morgan fingerprint density at radius 1 is 1.28 bits per heavy atom. The molecule has 1 aliphatic heterocycles. The van der Waals surface area contributed by atoms with E-state index in [1.165, 1.54) is 24.6 Å². The van der Waals surface area contributed by atoms with Crippen LogP contribution in [0.4, 0.5) is 9.80 Å². The quantitative estimate of drug-likeness (QED) is 0.384. The second-order valence-corrected chi connectivity index (χ2v) is 8.80. The highest BCUT2D eigenvalue weighted by atomic mass is 35.5. The first-order valence-corrected chi connectivity index (χ1v) is 11.5. The topological polar surface area (TPSA) is 94.6 Å². The van der Waals surface area contributed by atoms with Crippen LogP contribution in [-0.4, -0.2) is 52.6 Å². The van der Waals surface area contributed by atoms with Crippen LogP contribution in [-0.2, 0) is 5.75 Å². The van der Waals surface area contributed by atoms with Crippen molar-refractivity contribution in [1.29, 1.82) is 0 Å². The minimum absolute atomic E-state index is 0.0132. The van der Waals surface area contributed by atoms with E-state index in [2.05, 4.69) is 19.9 Å². The van der Waals surface area contributed by atoms with Crippen LogP contribution in [0.5, 0.6) is 0 Å². The number of nitrogens with zero attached hydrogens (tertiary/aromatic N) is 2. The van der Waals surface area contributed by atoms with Crippen molar-refractivity contribution >= 4 is 51.9 Å². The number of amides is 2. The minimum atomic E-state index is -1.12. The van der Waals surface area contributed by atoms with Gasteiger partial charge in [0.15, 0.2) is 0 Å². The molecule has 10 heteroatoms. The third-order valence-electron chi connectivity index (χ3n) is 4.56. The molecule has 3 N–H and O–H groups in total. The maximum absolute atomic E-state index is 12.1. The molecule has 0 saturated carbocycles. The summed E-state index contributed by atoms with van der Waals surface area (Å²) in [4.78, 5) is 26.2. The molecule has 3 rings (SSSR count). The molecule has 1 aromatic carbocycles. The van der Waals surface area contributed by atoms with Crippen molar-refractivity contribution in [3.63, 3.8) is 0 Å². The SMILES string of the molecule is O=C(NCCCN1CCCC1)Nc1snc(SCc2ccccc2Cl)c1C(=O)O. The molecule has 0 atom stereocenters. The summed E-state index contributed by atoms with van der Waals surface area (Å²) in [5, 5.41) is 16.2. The van der Waals surface area contributed by atoms with E-state index in [1.807, 2.05) is 18.2 Å². The molecule has 2 heterocycles. The highest BCUT2D eigenvalue weighted by Gasteiger charge is 2.22. The predicted octanol–water partition coefficient (Wildman–Crippen LogP) is 4.39. The molecule has 29 heavy (non-hydrogen) atoms. The molecule has 2 aromatic rings. The number of hydrogen-bond donors (Lipinski definition) is 3. The molecule has 0 aliphatic carbocycles. The van der Waals surface area contributed by atoms with Crippen molar-refractivity contribution in [2.45, 2.75) is 30.0 Å². The molecule has 0 radical (unpaired) electrons. The number of aromatic carboxylic acids is 1. The second-order valence-electron chi connectivity index (χ2n) is 6.66. The first-order chi connectivity index (χ1) is 14.0. The summed E-state index contributed by atoms with van der Waals surface area (Å²) >= 11 is 8.40. The predicted molar refractivity (Wildman–Crippen MR) is 117 cm³/mol. The van der Waals surface area contributed by atoms with Gasteiger partial charge in [0.05, 0.1) is 0 Å². The second kappa shape index (κ2) is 10.8. The van der Waals surface area contributed by atoms with E-state index < -0.39 is 12.0 Å². The Labute approximate surface area is 183 Å². The van der Waals surface area contributed by atoms with Crippen LogP contribution in [0.15, 0.2) is 29.3 Å². The number of aromatic nitrogens is 1. The van der Waals surface area contributed by atoms with Crippen LogP contribution in [0.1, 0.15) is 35.2 Å². The van der Waals surface area contributed by atoms with Gasteiger partial charge < -0.3 is 15.3 Å². The van der Waals surface area contributed by atoms with Gasteiger partial charge in [0, 0.05) is 17.3 Å². The molecule has 1 saturated heterocycles. The fourth-order valence-corrected chi connectivity index (χ4v) is 5.29. The van der Waals surface area contributed by atoms with E-state index >= 15 is 0 Å². The summed E-state index contributed by atoms with van der Waals surface area (Å²) < 4.78 is 4.22. The summed E-state index contributed by atoms with van der Waals surface area (Å²) in [6, 6.07) is 6.98. The summed E-state index contributed by atoms with van der Waals surface area (Å²) in [6.07, 6.45) is 3.35. The van der Waals surface area contributed by atoms with E-state index in [0.717, 1.165) is 43.2 Å². The van der Waals surface area contributed by atoms with Crippen molar-refractivity contribution in [2.24, 2.45) is 0 Å². The number of thioether (sulfide) groups is 1. The van der Waals surface area contributed by atoms with Gasteiger partial charge in [-0.2, -0.15) is 4.37 Å². The van der Waals surface area contributed by atoms with Gasteiger partial charge in [0.25, 0.3) is 0 Å². The molecule has 1 aromatic heterocycles. The summed E-state index contributed by atoms with van der Waals surface area (Å²) in [5.74, 6) is -0.629. The van der Waals surface area contributed by atoms with Crippen LogP contribution < -0.4 is 10.6 Å². The van der Waals surface area contributed by atoms with Gasteiger partial charge in [-0.15, -0.1) is 0 Å². The smallest absolute Gasteiger partial charge is 0.341 e. The summed E-state index contributed by atoms with van der Waals surface area (Å²) in [6.45, 7) is 3.76. The molecule has 7 nitrogen and oxygen atoms in total. The number of likely N-dealkylation sites (tertiary alicyclic amines) is 1. The van der Waals surface area contributed by atoms with Gasteiger partial charge in [-0.05, 0) is 62.1 Å². The average Bonchev–Trinajstić information content (AvgIpc) is 3.34. The number of carboxylic acid groups (broad SMARTS) is 1. The number of benzene rings is 1. The van der Waals surface area contributed by atoms with Gasteiger partial charge in [-0.1, -0.05) is 41.6 Å². The zero-order valence-corrected chi connectivity index (χ0v) is 18.2. The van der Waals surface area contributed by atoms with Crippen molar-refractivity contribution in [3.05, 3.63) is 40.4 Å². The maximum Gasteiger partial charge on any atom is 0.341 e. The number of rotatable bonds is 9. The number of urea groups is 1. The fraction of sp³-hybridized carbons (Fsp3) is 0.421. The number of carboxylic acids is 1. The standard InChI is InChI=1S/C19H23ClN4O3S2/c20-14-7-2-1-6-13(14)12-28-17-15(18(25)26)16(29-23-17)22-19(27)21-8-5-11-24-9-3-4-10-24/h1-2,6-7H,3-5,8-12H2,(H,25,26)(H2,21,22,27). The van der Waals surface area contributed by atoms with Crippen LogP contribution >= 0.6 is 34.9 Å². The Kier molecular flexibility index (Phi) is 8.17. The van der Waals surface area contributed by atoms with Gasteiger partial charge in [0.2, 0.25) is 0 Å². The Balaban J connectivity index is 1.52.